The molecule has 0 spiro atoms. The van der Waals surface area contributed by atoms with E-state index in [9.17, 15) is 15.0 Å². The number of aliphatic carboxylic acids is 1. The van der Waals surface area contributed by atoms with Gasteiger partial charge in [0.25, 0.3) is 0 Å². The first kappa shape index (κ1) is 13.0. The molecular formula is C15H15NO3. The Hall–Kier alpha value is -2.49. The highest BCUT2D eigenvalue weighted by atomic mass is 16.4. The van der Waals surface area contributed by atoms with Crippen LogP contribution in [0.2, 0.25) is 0 Å². The summed E-state index contributed by atoms with van der Waals surface area (Å²) in [5.41, 5.74) is 1.34. The average Bonchev–Trinajstić information content (AvgIpc) is 2.39. The van der Waals surface area contributed by atoms with E-state index in [1.807, 2.05) is 30.3 Å². The van der Waals surface area contributed by atoms with Crippen molar-refractivity contribution >= 4 is 11.7 Å². The summed E-state index contributed by atoms with van der Waals surface area (Å²) in [5.74, 6) is -0.901. The number of phenolic OH excluding ortho intramolecular Hbond substituents is 1. The molecule has 0 aliphatic carbocycles. The maximum Gasteiger partial charge on any atom is 0.331 e. The lowest BCUT2D eigenvalue weighted by molar-refractivity contribution is -0.138. The summed E-state index contributed by atoms with van der Waals surface area (Å²) in [4.78, 5) is 13.2. The predicted molar refractivity (Wildman–Crippen MR) is 73.3 cm³/mol. The molecule has 0 aromatic heterocycles. The number of carboxylic acid groups (broad SMARTS) is 1. The van der Waals surface area contributed by atoms with Crippen molar-refractivity contribution in [1.29, 1.82) is 0 Å². The summed E-state index contributed by atoms with van der Waals surface area (Å²) < 4.78 is 0. The SMILES string of the molecule is CN(c1ccccc1)C(C(=O)O)c1cccc(O)c1. The van der Waals surface area contributed by atoms with Crippen LogP contribution in [0.25, 0.3) is 0 Å². The van der Waals surface area contributed by atoms with Crippen molar-refractivity contribution in [2.24, 2.45) is 0 Å². The van der Waals surface area contributed by atoms with Crippen molar-refractivity contribution in [1.82, 2.24) is 0 Å². The number of aromatic hydroxyl groups is 1. The zero-order valence-electron chi connectivity index (χ0n) is 10.5. The minimum Gasteiger partial charge on any atom is -0.508 e. The van der Waals surface area contributed by atoms with Crippen molar-refractivity contribution in [2.75, 3.05) is 11.9 Å². The Bertz CT molecular complexity index is 569. The van der Waals surface area contributed by atoms with Gasteiger partial charge in [0, 0.05) is 12.7 Å². The summed E-state index contributed by atoms with van der Waals surface area (Å²) >= 11 is 0. The number of benzene rings is 2. The first-order valence-corrected chi connectivity index (χ1v) is 5.89. The van der Waals surface area contributed by atoms with Crippen LogP contribution in [0, 0.1) is 0 Å². The van der Waals surface area contributed by atoms with Gasteiger partial charge in [-0.25, -0.2) is 4.79 Å². The number of phenols is 1. The van der Waals surface area contributed by atoms with E-state index in [-0.39, 0.29) is 5.75 Å². The van der Waals surface area contributed by atoms with Crippen molar-refractivity contribution in [3.05, 3.63) is 60.2 Å². The van der Waals surface area contributed by atoms with E-state index < -0.39 is 12.0 Å². The van der Waals surface area contributed by atoms with Crippen LogP contribution < -0.4 is 4.90 Å². The van der Waals surface area contributed by atoms with Gasteiger partial charge in [0.2, 0.25) is 0 Å². The third-order valence-electron chi connectivity index (χ3n) is 2.97. The van der Waals surface area contributed by atoms with E-state index in [1.54, 1.807) is 24.1 Å². The van der Waals surface area contributed by atoms with Crippen molar-refractivity contribution in [3.8, 4) is 5.75 Å². The fourth-order valence-corrected chi connectivity index (χ4v) is 2.04. The molecule has 0 radical (unpaired) electrons. The Morgan fingerprint density at radius 3 is 2.37 bits per heavy atom. The van der Waals surface area contributed by atoms with E-state index in [4.69, 9.17) is 0 Å². The van der Waals surface area contributed by atoms with Gasteiger partial charge in [-0.3, -0.25) is 0 Å². The molecular weight excluding hydrogens is 242 g/mol. The molecule has 0 saturated heterocycles. The molecule has 0 aliphatic heterocycles. The molecule has 98 valence electrons. The third kappa shape index (κ3) is 2.85. The largest absolute Gasteiger partial charge is 0.508 e. The van der Waals surface area contributed by atoms with Crippen LogP contribution >= 0.6 is 0 Å². The van der Waals surface area contributed by atoms with Crippen molar-refractivity contribution < 1.29 is 15.0 Å². The lowest BCUT2D eigenvalue weighted by atomic mass is 10.0. The molecule has 0 saturated carbocycles. The van der Waals surface area contributed by atoms with Gasteiger partial charge in [-0.15, -0.1) is 0 Å². The lowest BCUT2D eigenvalue weighted by Crippen LogP contribution is -2.30. The van der Waals surface area contributed by atoms with Crippen LogP contribution in [-0.4, -0.2) is 23.2 Å². The van der Waals surface area contributed by atoms with Crippen LogP contribution in [0.15, 0.2) is 54.6 Å². The molecule has 0 aliphatic rings. The molecule has 1 atom stereocenters. The Kier molecular flexibility index (Phi) is 3.71. The van der Waals surface area contributed by atoms with Crippen LogP contribution in [0.1, 0.15) is 11.6 Å². The summed E-state index contributed by atoms with van der Waals surface area (Å²) in [6.07, 6.45) is 0. The first-order chi connectivity index (χ1) is 9.09. The minimum absolute atomic E-state index is 0.0604. The Morgan fingerprint density at radius 2 is 1.79 bits per heavy atom. The van der Waals surface area contributed by atoms with Gasteiger partial charge < -0.3 is 15.1 Å². The molecule has 19 heavy (non-hydrogen) atoms. The molecule has 0 bridgehead atoms. The van der Waals surface area contributed by atoms with Gasteiger partial charge in [-0.2, -0.15) is 0 Å². The number of hydrogen-bond acceptors (Lipinski definition) is 3. The molecule has 1 unspecified atom stereocenters. The van der Waals surface area contributed by atoms with Gasteiger partial charge in [0.15, 0.2) is 6.04 Å². The summed E-state index contributed by atoms with van der Waals surface area (Å²) in [6, 6.07) is 14.8. The fourth-order valence-electron chi connectivity index (χ4n) is 2.04. The number of hydrogen-bond donors (Lipinski definition) is 2. The summed E-state index contributed by atoms with van der Waals surface area (Å²) in [5, 5.41) is 18.9. The highest BCUT2D eigenvalue weighted by molar-refractivity contribution is 5.80. The number of likely N-dealkylation sites (N-methyl/N-ethyl adjacent to an activating group) is 1. The summed E-state index contributed by atoms with van der Waals surface area (Å²) in [7, 11) is 1.72. The van der Waals surface area contributed by atoms with Crippen molar-refractivity contribution in [2.45, 2.75) is 6.04 Å². The molecule has 2 aromatic carbocycles. The minimum atomic E-state index is -0.961. The molecule has 2 rings (SSSR count). The maximum atomic E-state index is 11.5. The number of nitrogens with zero attached hydrogens (tertiary/aromatic N) is 1. The predicted octanol–water partition coefficient (Wildman–Crippen LogP) is 2.65. The molecule has 4 heteroatoms. The molecule has 0 amide bonds. The van der Waals surface area contributed by atoms with E-state index >= 15 is 0 Å². The monoisotopic (exact) mass is 257 g/mol. The zero-order chi connectivity index (χ0) is 13.8. The third-order valence-corrected chi connectivity index (χ3v) is 2.97. The van der Waals surface area contributed by atoms with Gasteiger partial charge >= 0.3 is 5.97 Å². The number of carbonyl (C=O) groups is 1. The second kappa shape index (κ2) is 5.44. The maximum absolute atomic E-state index is 11.5. The van der Waals surface area contributed by atoms with Crippen LogP contribution in [0.3, 0.4) is 0 Å². The number of para-hydroxylation sites is 1. The Labute approximate surface area is 111 Å². The van der Waals surface area contributed by atoms with E-state index in [1.165, 1.54) is 12.1 Å². The topological polar surface area (TPSA) is 60.8 Å². The first-order valence-electron chi connectivity index (χ1n) is 5.89. The molecule has 2 aromatic rings. The highest BCUT2D eigenvalue weighted by Gasteiger charge is 2.25. The Balaban J connectivity index is 2.39. The quantitative estimate of drug-likeness (QED) is 0.884. The highest BCUT2D eigenvalue weighted by Crippen LogP contribution is 2.27. The number of carboxylic acids is 1. The van der Waals surface area contributed by atoms with Crippen molar-refractivity contribution in [3.63, 3.8) is 0 Å². The molecule has 4 nitrogen and oxygen atoms in total. The lowest BCUT2D eigenvalue weighted by Gasteiger charge is -2.27. The van der Waals surface area contributed by atoms with E-state index in [0.717, 1.165) is 5.69 Å². The molecule has 0 fully saturated rings. The standard InChI is InChI=1S/C15H15NO3/c1-16(12-7-3-2-4-8-12)14(15(18)19)11-6-5-9-13(17)10-11/h2-10,14,17H,1H3,(H,18,19). The second-order valence-corrected chi connectivity index (χ2v) is 4.28. The van der Waals surface area contributed by atoms with Crippen LogP contribution in [0.4, 0.5) is 5.69 Å². The average molecular weight is 257 g/mol. The van der Waals surface area contributed by atoms with Crippen LogP contribution in [-0.2, 0) is 4.79 Å². The molecule has 0 heterocycles. The van der Waals surface area contributed by atoms with E-state index in [2.05, 4.69) is 0 Å². The Morgan fingerprint density at radius 1 is 1.11 bits per heavy atom. The number of anilines is 1. The van der Waals surface area contributed by atoms with Gasteiger partial charge in [0.1, 0.15) is 5.75 Å². The smallest absolute Gasteiger partial charge is 0.331 e. The van der Waals surface area contributed by atoms with Gasteiger partial charge in [-0.1, -0.05) is 30.3 Å². The molecule has 2 N–H and O–H groups in total. The summed E-state index contributed by atoms with van der Waals surface area (Å²) in [6.45, 7) is 0. The van der Waals surface area contributed by atoms with Gasteiger partial charge in [0.05, 0.1) is 0 Å². The van der Waals surface area contributed by atoms with Crippen LogP contribution in [0.5, 0.6) is 5.75 Å². The normalized spacial score (nSPS) is 11.8. The zero-order valence-corrected chi connectivity index (χ0v) is 10.5. The fraction of sp³-hybridized carbons (Fsp3) is 0.133. The number of rotatable bonds is 4. The second-order valence-electron chi connectivity index (χ2n) is 4.28. The van der Waals surface area contributed by atoms with E-state index in [0.29, 0.717) is 5.56 Å². The van der Waals surface area contributed by atoms with Gasteiger partial charge in [-0.05, 0) is 29.8 Å².